The second kappa shape index (κ2) is 19.2. The predicted molar refractivity (Wildman–Crippen MR) is 190 cm³/mol. The van der Waals surface area contributed by atoms with E-state index in [0.717, 1.165) is 16.7 Å². The van der Waals surface area contributed by atoms with Gasteiger partial charge in [-0.15, -0.1) is 0 Å². The van der Waals surface area contributed by atoms with Crippen LogP contribution in [0.2, 0.25) is 0 Å². The number of ketones is 1. The maximum Gasteiger partial charge on any atom is 0.307 e. The average molecular weight is 733 g/mol. The van der Waals surface area contributed by atoms with Crippen LogP contribution in [0.1, 0.15) is 66.7 Å². The Bertz CT molecular complexity index is 1440. The molecule has 0 saturated heterocycles. The third-order valence-corrected chi connectivity index (χ3v) is 10.1. The van der Waals surface area contributed by atoms with Crippen molar-refractivity contribution >= 4 is 17.7 Å². The molecule has 0 spiro atoms. The molecule has 0 aromatic carbocycles. The van der Waals surface area contributed by atoms with Gasteiger partial charge in [0.25, 0.3) is 0 Å². The van der Waals surface area contributed by atoms with Crippen molar-refractivity contribution in [1.29, 1.82) is 0 Å². The Hall–Kier alpha value is -3.27. The molecule has 0 aromatic rings. The lowest BCUT2D eigenvalue weighted by Crippen LogP contribution is -2.60. The first-order valence-corrected chi connectivity index (χ1v) is 17.7. The van der Waals surface area contributed by atoms with E-state index in [4.69, 9.17) is 14.2 Å². The Kier molecular flexibility index (Phi) is 15.9. The summed E-state index contributed by atoms with van der Waals surface area (Å²) in [6.45, 7) is 12.3. The zero-order chi connectivity index (χ0) is 38.9. The van der Waals surface area contributed by atoms with Crippen molar-refractivity contribution in [3.05, 3.63) is 71.4 Å². The van der Waals surface area contributed by atoms with Gasteiger partial charge in [-0.25, -0.2) is 0 Å². The zero-order valence-electron chi connectivity index (χ0n) is 30.6. The van der Waals surface area contributed by atoms with Crippen molar-refractivity contribution in [3.63, 3.8) is 0 Å². The molecule has 0 radical (unpaired) electrons. The van der Waals surface area contributed by atoms with Gasteiger partial charge in [-0.2, -0.15) is 0 Å². The Morgan fingerprint density at radius 2 is 1.52 bits per heavy atom. The van der Waals surface area contributed by atoms with E-state index in [1.54, 1.807) is 13.0 Å². The summed E-state index contributed by atoms with van der Waals surface area (Å²) < 4.78 is 16.8. The topological polar surface area (TPSA) is 221 Å². The predicted octanol–water partition coefficient (Wildman–Crippen LogP) is 1.68. The van der Waals surface area contributed by atoms with Crippen LogP contribution in [0.3, 0.4) is 0 Å². The standard InChI is InChI=1S/C39H56O13/c1-7-9-21(2)10-8-11-22(3)12-13-26-23(4)32(44)29(18-39(26,5)6)51-31(43)15-14-30(42)50-20-25-16-27(41)34(46)37(49)38(25)52-28-17-24(19-40)33(45)36(48)35(28)47/h7-13,24-25,27-29,33-38,40-41,45-49H,1,14-20H2,2-6H3. The van der Waals surface area contributed by atoms with Gasteiger partial charge in [0.2, 0.25) is 0 Å². The number of aliphatic hydroxyl groups excluding tert-OH is 7. The molecule has 290 valence electrons. The first-order chi connectivity index (χ1) is 24.4. The summed E-state index contributed by atoms with van der Waals surface area (Å²) >= 11 is 0. The minimum Gasteiger partial charge on any atom is -0.465 e. The van der Waals surface area contributed by atoms with Gasteiger partial charge < -0.3 is 50.0 Å². The number of hydrogen-bond donors (Lipinski definition) is 7. The molecule has 3 aliphatic rings. The molecule has 0 aromatic heterocycles. The number of carbonyl (C=O) groups is 3. The van der Waals surface area contributed by atoms with Crippen molar-refractivity contribution in [2.45, 2.75) is 122 Å². The van der Waals surface area contributed by atoms with E-state index >= 15 is 0 Å². The van der Waals surface area contributed by atoms with Gasteiger partial charge in [-0.3, -0.25) is 14.4 Å². The monoisotopic (exact) mass is 732 g/mol. The minimum atomic E-state index is -1.66. The van der Waals surface area contributed by atoms with Crippen molar-refractivity contribution in [3.8, 4) is 0 Å². The number of rotatable bonds is 14. The first-order valence-electron chi connectivity index (χ1n) is 17.7. The van der Waals surface area contributed by atoms with Crippen LogP contribution in [-0.4, -0.2) is 122 Å². The average Bonchev–Trinajstić information content (AvgIpc) is 3.08. The van der Waals surface area contributed by atoms with Gasteiger partial charge in [0.1, 0.15) is 24.4 Å². The first kappa shape index (κ1) is 43.1. The van der Waals surface area contributed by atoms with E-state index in [0.29, 0.717) is 5.57 Å². The van der Waals surface area contributed by atoms with Crippen molar-refractivity contribution in [1.82, 2.24) is 0 Å². The van der Waals surface area contributed by atoms with Crippen LogP contribution in [0.4, 0.5) is 0 Å². The van der Waals surface area contributed by atoms with E-state index in [9.17, 15) is 50.1 Å². The summed E-state index contributed by atoms with van der Waals surface area (Å²) in [6.07, 6.45) is -0.186. The van der Waals surface area contributed by atoms with Gasteiger partial charge in [0.05, 0.1) is 43.9 Å². The van der Waals surface area contributed by atoms with E-state index in [2.05, 4.69) is 6.58 Å². The fourth-order valence-electron chi connectivity index (χ4n) is 6.99. The number of allylic oxidation sites excluding steroid dienone is 10. The minimum absolute atomic E-state index is 0.0793. The van der Waals surface area contributed by atoms with Gasteiger partial charge in [0, 0.05) is 24.9 Å². The fourth-order valence-corrected chi connectivity index (χ4v) is 6.99. The van der Waals surface area contributed by atoms with Crippen LogP contribution in [0.15, 0.2) is 71.4 Å². The summed E-state index contributed by atoms with van der Waals surface area (Å²) in [6, 6.07) is 0. The fraction of sp³-hybridized carbons (Fsp3) is 0.615. The summed E-state index contributed by atoms with van der Waals surface area (Å²) in [5, 5.41) is 71.7. The smallest absolute Gasteiger partial charge is 0.307 e. The van der Waals surface area contributed by atoms with E-state index in [-0.39, 0.29) is 44.5 Å². The molecule has 11 unspecified atom stereocenters. The number of carbonyl (C=O) groups excluding carboxylic acids is 3. The Morgan fingerprint density at radius 3 is 2.17 bits per heavy atom. The summed E-state index contributed by atoms with van der Waals surface area (Å²) in [7, 11) is 0. The molecule has 0 bridgehead atoms. The molecule has 0 aliphatic heterocycles. The van der Waals surface area contributed by atoms with Gasteiger partial charge in [-0.05, 0) is 50.2 Å². The molecule has 11 atom stereocenters. The van der Waals surface area contributed by atoms with Crippen molar-refractivity contribution < 1.29 is 64.3 Å². The van der Waals surface area contributed by atoms with Crippen LogP contribution in [-0.2, 0) is 28.6 Å². The number of esters is 2. The lowest BCUT2D eigenvalue weighted by molar-refractivity contribution is -0.238. The van der Waals surface area contributed by atoms with Gasteiger partial charge >= 0.3 is 11.9 Å². The molecule has 2 saturated carbocycles. The zero-order valence-corrected chi connectivity index (χ0v) is 30.6. The number of hydrogen-bond acceptors (Lipinski definition) is 13. The Balaban J connectivity index is 1.57. The number of aliphatic hydroxyl groups is 7. The number of Topliss-reactive ketones (excluding diaryl/α,β-unsaturated/α-hetero) is 1. The largest absolute Gasteiger partial charge is 0.465 e. The van der Waals surface area contributed by atoms with E-state index in [1.165, 1.54) is 0 Å². The number of ether oxygens (including phenoxy) is 3. The third kappa shape index (κ3) is 11.1. The summed E-state index contributed by atoms with van der Waals surface area (Å²) in [4.78, 5) is 38.7. The SMILES string of the molecule is C=CC=C(C)C=CC=C(C)C=CC1=C(C)C(=O)C(OC(=O)CCC(=O)OCC2CC(O)C(O)C(O)C2OC2CC(CO)C(O)C(O)C2O)CC1(C)C. The molecule has 0 amide bonds. The van der Waals surface area contributed by atoms with E-state index < -0.39 is 90.7 Å². The Morgan fingerprint density at radius 1 is 0.865 bits per heavy atom. The molecule has 2 fully saturated rings. The lowest BCUT2D eigenvalue weighted by atomic mass is 9.71. The molecule has 0 heterocycles. The van der Waals surface area contributed by atoms with Gasteiger partial charge in [-0.1, -0.05) is 74.1 Å². The highest BCUT2D eigenvalue weighted by atomic mass is 16.6. The molecule has 13 heteroatoms. The molecule has 13 nitrogen and oxygen atoms in total. The van der Waals surface area contributed by atoms with Crippen molar-refractivity contribution in [2.75, 3.05) is 13.2 Å². The molecule has 3 rings (SSSR count). The van der Waals surface area contributed by atoms with Crippen LogP contribution in [0.25, 0.3) is 0 Å². The summed E-state index contributed by atoms with van der Waals surface area (Å²) in [5.41, 5.74) is 2.85. The maximum atomic E-state index is 13.2. The Labute approximate surface area is 305 Å². The van der Waals surface area contributed by atoms with Crippen LogP contribution >= 0.6 is 0 Å². The quantitative estimate of drug-likeness (QED) is 0.1000. The second-order valence-electron chi connectivity index (χ2n) is 14.7. The molecular weight excluding hydrogens is 676 g/mol. The van der Waals surface area contributed by atoms with Crippen molar-refractivity contribution in [2.24, 2.45) is 17.3 Å². The molecule has 52 heavy (non-hydrogen) atoms. The lowest BCUT2D eigenvalue weighted by Gasteiger charge is -2.45. The van der Waals surface area contributed by atoms with E-state index in [1.807, 2.05) is 64.2 Å². The third-order valence-electron chi connectivity index (χ3n) is 10.1. The summed E-state index contributed by atoms with van der Waals surface area (Å²) in [5.74, 6) is -3.58. The maximum absolute atomic E-state index is 13.2. The molecule has 7 N–H and O–H groups in total. The molecular formula is C39H56O13. The highest BCUT2D eigenvalue weighted by molar-refractivity contribution is 6.01. The van der Waals surface area contributed by atoms with Crippen LogP contribution < -0.4 is 0 Å². The van der Waals surface area contributed by atoms with Gasteiger partial charge in [0.15, 0.2) is 11.9 Å². The van der Waals surface area contributed by atoms with Crippen LogP contribution in [0.5, 0.6) is 0 Å². The highest BCUT2D eigenvalue weighted by Gasteiger charge is 2.49. The second-order valence-corrected chi connectivity index (χ2v) is 14.7. The molecule has 3 aliphatic carbocycles. The normalized spacial score (nSPS) is 34.5. The highest BCUT2D eigenvalue weighted by Crippen LogP contribution is 2.41. The van der Waals surface area contributed by atoms with Crippen LogP contribution in [0, 0.1) is 17.3 Å².